The molecule has 0 atom stereocenters. The monoisotopic (exact) mass is 289 g/mol. The van der Waals surface area contributed by atoms with Crippen LogP contribution < -0.4 is 4.74 Å². The second-order valence-electron chi connectivity index (χ2n) is 4.09. The van der Waals surface area contributed by atoms with Gasteiger partial charge in [-0.15, -0.1) is 0 Å². The Hall–Kier alpha value is -0.810. The van der Waals surface area contributed by atoms with Crippen LogP contribution >= 0.6 is 11.6 Å². The lowest BCUT2D eigenvalue weighted by molar-refractivity contribution is -0.260. The molecule has 0 amide bonds. The van der Waals surface area contributed by atoms with Gasteiger partial charge in [-0.25, -0.2) is 0 Å². The standard InChI is InChI=1S/C12H18ClNO3.C2H6/c1-5-17-11-9(12(15,16)14(3)4)6-8(2)7-10(11)13;1-2/h6-7,15-16H,5H2,1-4H3;1-2H3. The van der Waals surface area contributed by atoms with Crippen LogP contribution in [0.5, 0.6) is 5.75 Å². The zero-order chi connectivity index (χ0) is 15.2. The molecular weight excluding hydrogens is 266 g/mol. The molecule has 110 valence electrons. The Bertz CT molecular complexity index is 406. The SMILES string of the molecule is CC.CCOc1c(Cl)cc(C)cc1C(O)(O)N(C)C. The molecule has 0 aliphatic rings. The molecule has 0 radical (unpaired) electrons. The van der Waals surface area contributed by atoms with E-state index in [1.54, 1.807) is 26.2 Å². The van der Waals surface area contributed by atoms with Crippen LogP contribution in [0.4, 0.5) is 0 Å². The van der Waals surface area contributed by atoms with Crippen LogP contribution in [-0.4, -0.2) is 35.8 Å². The maximum Gasteiger partial charge on any atom is 0.256 e. The molecule has 5 heteroatoms. The molecule has 0 aliphatic heterocycles. The van der Waals surface area contributed by atoms with E-state index in [0.29, 0.717) is 17.4 Å². The van der Waals surface area contributed by atoms with E-state index in [1.807, 2.05) is 27.7 Å². The summed E-state index contributed by atoms with van der Waals surface area (Å²) in [4.78, 5) is 1.28. The molecule has 0 bridgehead atoms. The minimum Gasteiger partial charge on any atom is -0.492 e. The molecule has 1 aromatic rings. The zero-order valence-corrected chi connectivity index (χ0v) is 13.2. The minimum absolute atomic E-state index is 0.245. The molecular formula is C14H24ClNO3. The Kier molecular flexibility index (Phi) is 7.37. The van der Waals surface area contributed by atoms with E-state index in [2.05, 4.69) is 0 Å². The van der Waals surface area contributed by atoms with Crippen molar-refractivity contribution in [3.8, 4) is 5.75 Å². The number of aliphatic hydroxyl groups is 2. The fourth-order valence-corrected chi connectivity index (χ4v) is 1.84. The van der Waals surface area contributed by atoms with E-state index in [9.17, 15) is 10.2 Å². The highest BCUT2D eigenvalue weighted by Crippen LogP contribution is 2.36. The molecule has 0 aliphatic carbocycles. The third-order valence-corrected chi connectivity index (χ3v) is 2.74. The molecule has 1 aromatic carbocycles. The highest BCUT2D eigenvalue weighted by atomic mass is 35.5. The van der Waals surface area contributed by atoms with Crippen molar-refractivity contribution in [2.45, 2.75) is 33.6 Å². The lowest BCUT2D eigenvalue weighted by Crippen LogP contribution is -2.41. The number of ether oxygens (including phenoxy) is 1. The third kappa shape index (κ3) is 4.35. The second kappa shape index (κ2) is 7.70. The lowest BCUT2D eigenvalue weighted by Gasteiger charge is -2.31. The van der Waals surface area contributed by atoms with Crippen LogP contribution in [0.15, 0.2) is 12.1 Å². The fraction of sp³-hybridized carbons (Fsp3) is 0.571. The molecule has 0 heterocycles. The van der Waals surface area contributed by atoms with Crippen molar-refractivity contribution < 1.29 is 14.9 Å². The number of benzene rings is 1. The first-order valence-electron chi connectivity index (χ1n) is 6.36. The number of hydrogen-bond acceptors (Lipinski definition) is 4. The highest BCUT2D eigenvalue weighted by molar-refractivity contribution is 6.32. The number of aryl methyl sites for hydroxylation is 1. The molecule has 0 spiro atoms. The summed E-state index contributed by atoms with van der Waals surface area (Å²) >= 11 is 6.06. The van der Waals surface area contributed by atoms with Crippen molar-refractivity contribution in [1.82, 2.24) is 4.90 Å². The Labute approximate surface area is 120 Å². The van der Waals surface area contributed by atoms with Gasteiger partial charge in [0.25, 0.3) is 5.91 Å². The maximum absolute atomic E-state index is 10.1. The van der Waals surface area contributed by atoms with E-state index < -0.39 is 5.91 Å². The van der Waals surface area contributed by atoms with Gasteiger partial charge in [-0.3, -0.25) is 4.90 Å². The maximum atomic E-state index is 10.1. The van der Waals surface area contributed by atoms with Crippen molar-refractivity contribution in [3.05, 3.63) is 28.3 Å². The quantitative estimate of drug-likeness (QED) is 0.837. The van der Waals surface area contributed by atoms with E-state index in [0.717, 1.165) is 5.56 Å². The summed E-state index contributed by atoms with van der Waals surface area (Å²) in [6.07, 6.45) is 0. The van der Waals surface area contributed by atoms with Gasteiger partial charge in [0.2, 0.25) is 0 Å². The molecule has 4 nitrogen and oxygen atoms in total. The third-order valence-electron chi connectivity index (χ3n) is 2.46. The summed E-state index contributed by atoms with van der Waals surface area (Å²) in [5.41, 5.74) is 1.08. The van der Waals surface area contributed by atoms with Gasteiger partial charge < -0.3 is 14.9 Å². The van der Waals surface area contributed by atoms with Gasteiger partial charge in [0.15, 0.2) is 0 Å². The van der Waals surface area contributed by atoms with Crippen molar-refractivity contribution in [2.24, 2.45) is 0 Å². The van der Waals surface area contributed by atoms with Crippen LogP contribution in [-0.2, 0) is 5.91 Å². The van der Waals surface area contributed by atoms with Crippen molar-refractivity contribution in [2.75, 3.05) is 20.7 Å². The van der Waals surface area contributed by atoms with Gasteiger partial charge in [0.05, 0.1) is 17.2 Å². The topological polar surface area (TPSA) is 52.9 Å². The van der Waals surface area contributed by atoms with Gasteiger partial charge in [-0.1, -0.05) is 25.4 Å². The Morgan fingerprint density at radius 1 is 1.26 bits per heavy atom. The summed E-state index contributed by atoms with van der Waals surface area (Å²) in [5, 5.41) is 20.5. The first-order chi connectivity index (χ1) is 8.80. The summed E-state index contributed by atoms with van der Waals surface area (Å²) in [6.45, 7) is 8.04. The van der Waals surface area contributed by atoms with Crippen LogP contribution in [0, 0.1) is 6.92 Å². The van der Waals surface area contributed by atoms with E-state index in [1.165, 1.54) is 4.90 Å². The largest absolute Gasteiger partial charge is 0.492 e. The van der Waals surface area contributed by atoms with Gasteiger partial charge in [-0.05, 0) is 45.6 Å². The van der Waals surface area contributed by atoms with Crippen LogP contribution in [0.2, 0.25) is 5.02 Å². The van der Waals surface area contributed by atoms with Crippen LogP contribution in [0.3, 0.4) is 0 Å². The first-order valence-corrected chi connectivity index (χ1v) is 6.74. The number of nitrogens with zero attached hydrogens (tertiary/aromatic N) is 1. The summed E-state index contributed by atoms with van der Waals surface area (Å²) in [7, 11) is 3.12. The van der Waals surface area contributed by atoms with E-state index in [-0.39, 0.29) is 5.56 Å². The highest BCUT2D eigenvalue weighted by Gasteiger charge is 2.33. The summed E-state index contributed by atoms with van der Waals surface area (Å²) in [6, 6.07) is 3.37. The molecule has 0 saturated heterocycles. The molecule has 19 heavy (non-hydrogen) atoms. The number of hydrogen-bond donors (Lipinski definition) is 2. The molecule has 0 unspecified atom stereocenters. The van der Waals surface area contributed by atoms with Gasteiger partial charge in [0.1, 0.15) is 5.75 Å². The Morgan fingerprint density at radius 3 is 2.21 bits per heavy atom. The number of rotatable bonds is 4. The average molecular weight is 290 g/mol. The van der Waals surface area contributed by atoms with Crippen molar-refractivity contribution >= 4 is 11.6 Å². The van der Waals surface area contributed by atoms with E-state index >= 15 is 0 Å². The Morgan fingerprint density at radius 2 is 1.79 bits per heavy atom. The smallest absolute Gasteiger partial charge is 0.256 e. The lowest BCUT2D eigenvalue weighted by atomic mass is 10.1. The van der Waals surface area contributed by atoms with Gasteiger partial charge in [0, 0.05) is 0 Å². The predicted octanol–water partition coefficient (Wildman–Crippen LogP) is 2.73. The van der Waals surface area contributed by atoms with Gasteiger partial charge in [-0.2, -0.15) is 0 Å². The summed E-state index contributed by atoms with van der Waals surface area (Å²) in [5.74, 6) is -1.81. The zero-order valence-electron chi connectivity index (χ0n) is 12.5. The van der Waals surface area contributed by atoms with Crippen LogP contribution in [0.1, 0.15) is 31.9 Å². The normalized spacial score (nSPS) is 11.1. The average Bonchev–Trinajstić information content (AvgIpc) is 2.34. The molecule has 0 fully saturated rings. The molecule has 0 saturated carbocycles. The first kappa shape index (κ1) is 18.2. The van der Waals surface area contributed by atoms with E-state index in [4.69, 9.17) is 16.3 Å². The fourth-order valence-electron chi connectivity index (χ4n) is 1.51. The van der Waals surface area contributed by atoms with Gasteiger partial charge >= 0.3 is 0 Å². The predicted molar refractivity (Wildman–Crippen MR) is 78.5 cm³/mol. The molecule has 2 N–H and O–H groups in total. The minimum atomic E-state index is -2.11. The number of halogens is 1. The summed E-state index contributed by atoms with van der Waals surface area (Å²) < 4.78 is 5.38. The van der Waals surface area contributed by atoms with Crippen molar-refractivity contribution in [3.63, 3.8) is 0 Å². The molecule has 1 rings (SSSR count). The molecule has 0 aromatic heterocycles. The van der Waals surface area contributed by atoms with Crippen LogP contribution in [0.25, 0.3) is 0 Å². The Balaban J connectivity index is 0.00000154. The second-order valence-corrected chi connectivity index (χ2v) is 4.49. The van der Waals surface area contributed by atoms with Crippen molar-refractivity contribution in [1.29, 1.82) is 0 Å².